The molecule has 0 fully saturated rings. The van der Waals surface area contributed by atoms with Crippen molar-refractivity contribution < 1.29 is 18.4 Å². The van der Waals surface area contributed by atoms with E-state index in [-0.39, 0.29) is 5.41 Å². The standard InChI is InChI=1S/C11H24O4Si/c1-10(11(2,3)4)15-8-7-9-16(12,13-5)14-6/h12H,1,7-9H2,2-6H3. The van der Waals surface area contributed by atoms with Crippen molar-refractivity contribution in [2.75, 3.05) is 20.8 Å². The third-order valence-electron chi connectivity index (χ3n) is 2.39. The summed E-state index contributed by atoms with van der Waals surface area (Å²) in [5.41, 5.74) is -0.0454. The van der Waals surface area contributed by atoms with Crippen molar-refractivity contribution in [3.63, 3.8) is 0 Å². The highest BCUT2D eigenvalue weighted by Crippen LogP contribution is 2.24. The van der Waals surface area contributed by atoms with Gasteiger partial charge in [-0.1, -0.05) is 27.4 Å². The van der Waals surface area contributed by atoms with Gasteiger partial charge in [-0.3, -0.25) is 0 Å². The number of ether oxygens (including phenoxy) is 1. The van der Waals surface area contributed by atoms with Gasteiger partial charge in [0.1, 0.15) is 0 Å². The summed E-state index contributed by atoms with van der Waals surface area (Å²) in [6, 6.07) is 0.497. The summed E-state index contributed by atoms with van der Waals surface area (Å²) in [6.07, 6.45) is 0.694. The largest absolute Gasteiger partial charge is 0.498 e. The molecule has 0 saturated heterocycles. The minimum absolute atomic E-state index is 0.0454. The Morgan fingerprint density at radius 3 is 2.12 bits per heavy atom. The minimum Gasteiger partial charge on any atom is -0.498 e. The van der Waals surface area contributed by atoms with E-state index in [1.54, 1.807) is 0 Å². The maximum atomic E-state index is 9.77. The zero-order valence-electron chi connectivity index (χ0n) is 11.0. The van der Waals surface area contributed by atoms with Crippen LogP contribution in [0.15, 0.2) is 12.3 Å². The average molecular weight is 248 g/mol. The second kappa shape index (κ2) is 6.39. The van der Waals surface area contributed by atoms with Crippen LogP contribution in [0.3, 0.4) is 0 Å². The lowest BCUT2D eigenvalue weighted by atomic mass is 9.95. The normalized spacial score (nSPS) is 12.6. The van der Waals surface area contributed by atoms with Gasteiger partial charge in [0.25, 0.3) is 0 Å². The Morgan fingerprint density at radius 1 is 1.25 bits per heavy atom. The van der Waals surface area contributed by atoms with Crippen molar-refractivity contribution in [2.45, 2.75) is 33.2 Å². The van der Waals surface area contributed by atoms with Gasteiger partial charge in [0.05, 0.1) is 12.4 Å². The quantitative estimate of drug-likeness (QED) is 0.426. The maximum absolute atomic E-state index is 9.77. The molecule has 16 heavy (non-hydrogen) atoms. The second-order valence-electron chi connectivity index (χ2n) is 4.75. The number of allylic oxidation sites excluding steroid dienone is 1. The van der Waals surface area contributed by atoms with Crippen molar-refractivity contribution in [3.05, 3.63) is 12.3 Å². The van der Waals surface area contributed by atoms with Gasteiger partial charge >= 0.3 is 8.80 Å². The summed E-state index contributed by atoms with van der Waals surface area (Å²) in [4.78, 5) is 9.77. The molecule has 0 unspecified atom stereocenters. The van der Waals surface area contributed by atoms with Gasteiger partial charge in [-0.05, 0) is 6.42 Å². The van der Waals surface area contributed by atoms with Crippen molar-refractivity contribution in [1.29, 1.82) is 0 Å². The summed E-state index contributed by atoms with van der Waals surface area (Å²) >= 11 is 0. The molecule has 0 radical (unpaired) electrons. The van der Waals surface area contributed by atoms with Crippen molar-refractivity contribution >= 4 is 8.80 Å². The van der Waals surface area contributed by atoms with Crippen LogP contribution in [-0.2, 0) is 13.6 Å². The van der Waals surface area contributed by atoms with Gasteiger partial charge in [0.2, 0.25) is 0 Å². The van der Waals surface area contributed by atoms with Crippen LogP contribution in [0.4, 0.5) is 0 Å². The monoisotopic (exact) mass is 248 g/mol. The summed E-state index contributed by atoms with van der Waals surface area (Å²) in [7, 11) is 0.00102. The van der Waals surface area contributed by atoms with Gasteiger partial charge in [-0.2, -0.15) is 0 Å². The first-order valence-electron chi connectivity index (χ1n) is 5.40. The van der Waals surface area contributed by atoms with Crippen molar-refractivity contribution in [1.82, 2.24) is 0 Å². The summed E-state index contributed by atoms with van der Waals surface area (Å²) in [5.74, 6) is 0.757. The fourth-order valence-electron chi connectivity index (χ4n) is 0.995. The third kappa shape index (κ3) is 5.65. The molecular formula is C11H24O4Si. The molecule has 0 aliphatic heterocycles. The molecule has 96 valence electrons. The van der Waals surface area contributed by atoms with E-state index in [1.807, 2.05) is 20.8 Å². The van der Waals surface area contributed by atoms with E-state index in [0.717, 1.165) is 5.76 Å². The zero-order valence-corrected chi connectivity index (χ0v) is 12.0. The van der Waals surface area contributed by atoms with E-state index < -0.39 is 8.80 Å². The van der Waals surface area contributed by atoms with E-state index >= 15 is 0 Å². The molecule has 0 bridgehead atoms. The topological polar surface area (TPSA) is 47.9 Å². The Morgan fingerprint density at radius 2 is 1.75 bits per heavy atom. The van der Waals surface area contributed by atoms with Gasteiger partial charge < -0.3 is 18.4 Å². The van der Waals surface area contributed by atoms with Gasteiger partial charge in [0.15, 0.2) is 0 Å². The lowest BCUT2D eigenvalue weighted by molar-refractivity contribution is 0.132. The molecule has 0 aromatic rings. The van der Waals surface area contributed by atoms with Crippen molar-refractivity contribution in [2.24, 2.45) is 5.41 Å². The highest BCUT2D eigenvalue weighted by atomic mass is 28.4. The minimum atomic E-state index is -2.92. The predicted molar refractivity (Wildman–Crippen MR) is 66.0 cm³/mol. The first-order valence-corrected chi connectivity index (χ1v) is 7.37. The molecular weight excluding hydrogens is 224 g/mol. The Kier molecular flexibility index (Phi) is 6.25. The number of hydrogen-bond acceptors (Lipinski definition) is 4. The molecule has 0 spiro atoms. The van der Waals surface area contributed by atoms with Crippen LogP contribution in [-0.4, -0.2) is 34.4 Å². The van der Waals surface area contributed by atoms with E-state index in [4.69, 9.17) is 13.6 Å². The molecule has 0 aromatic heterocycles. The van der Waals surface area contributed by atoms with E-state index in [9.17, 15) is 4.80 Å². The van der Waals surface area contributed by atoms with Gasteiger partial charge in [-0.15, -0.1) is 0 Å². The zero-order chi connectivity index (χ0) is 12.8. The molecule has 0 amide bonds. The summed E-state index contributed by atoms with van der Waals surface area (Å²) < 4.78 is 15.4. The first kappa shape index (κ1) is 15.6. The molecule has 1 N–H and O–H groups in total. The fourth-order valence-corrected chi connectivity index (χ4v) is 2.16. The van der Waals surface area contributed by atoms with E-state index in [1.165, 1.54) is 14.2 Å². The summed E-state index contributed by atoms with van der Waals surface area (Å²) in [5, 5.41) is 0. The smallest absolute Gasteiger partial charge is 0.497 e. The Bertz CT molecular complexity index is 219. The highest BCUT2D eigenvalue weighted by molar-refractivity contribution is 6.59. The molecule has 4 nitrogen and oxygen atoms in total. The highest BCUT2D eigenvalue weighted by Gasteiger charge is 2.33. The molecule has 5 heteroatoms. The van der Waals surface area contributed by atoms with Crippen LogP contribution in [0.5, 0.6) is 0 Å². The molecule has 0 heterocycles. The SMILES string of the molecule is C=C(OCCC[Si](O)(OC)OC)C(C)(C)C. The Hall–Kier alpha value is -0.363. The second-order valence-corrected chi connectivity index (χ2v) is 7.49. The molecule has 0 saturated carbocycles. The Labute approximate surface area is 99.6 Å². The van der Waals surface area contributed by atoms with E-state index in [2.05, 4.69) is 6.58 Å². The predicted octanol–water partition coefficient (Wildman–Crippen LogP) is 2.18. The van der Waals surface area contributed by atoms with Crippen LogP contribution in [0, 0.1) is 5.41 Å². The van der Waals surface area contributed by atoms with Crippen LogP contribution < -0.4 is 0 Å². The number of rotatable bonds is 7. The van der Waals surface area contributed by atoms with E-state index in [0.29, 0.717) is 19.1 Å². The maximum Gasteiger partial charge on any atom is 0.497 e. The summed E-state index contributed by atoms with van der Waals surface area (Å²) in [6.45, 7) is 10.5. The van der Waals surface area contributed by atoms with Crippen molar-refractivity contribution in [3.8, 4) is 0 Å². The lowest BCUT2D eigenvalue weighted by Gasteiger charge is -2.23. The first-order chi connectivity index (χ1) is 7.25. The molecule has 0 atom stereocenters. The molecule has 0 aliphatic rings. The van der Waals surface area contributed by atoms with Gasteiger partial charge in [-0.25, -0.2) is 0 Å². The Balaban J connectivity index is 3.81. The lowest BCUT2D eigenvalue weighted by Crippen LogP contribution is -2.40. The number of hydrogen-bond donors (Lipinski definition) is 1. The third-order valence-corrected chi connectivity index (χ3v) is 4.65. The fraction of sp³-hybridized carbons (Fsp3) is 0.818. The molecule has 0 rings (SSSR count). The van der Waals surface area contributed by atoms with Gasteiger partial charge in [0, 0.05) is 25.7 Å². The molecule has 0 aliphatic carbocycles. The van der Waals surface area contributed by atoms with Crippen LogP contribution >= 0.6 is 0 Å². The van der Waals surface area contributed by atoms with Crippen LogP contribution in [0.2, 0.25) is 6.04 Å². The molecule has 0 aromatic carbocycles. The van der Waals surface area contributed by atoms with Crippen LogP contribution in [0.25, 0.3) is 0 Å². The average Bonchev–Trinajstić information content (AvgIpc) is 2.22. The van der Waals surface area contributed by atoms with Crippen LogP contribution in [0.1, 0.15) is 27.2 Å².